The van der Waals surface area contributed by atoms with Crippen molar-refractivity contribution in [3.8, 4) is 24.1 Å². The zero-order valence-electron chi connectivity index (χ0n) is 37.2. The first-order valence-corrected chi connectivity index (χ1v) is 23.0. The molecule has 5 atom stereocenters. The van der Waals surface area contributed by atoms with E-state index in [1.165, 1.54) is 19.1 Å². The van der Waals surface area contributed by atoms with Gasteiger partial charge in [-0.1, -0.05) is 31.4 Å². The molecule has 1 saturated carbocycles. The first kappa shape index (κ1) is 46.9. The highest BCUT2D eigenvalue weighted by atomic mass is 31.2. The summed E-state index contributed by atoms with van der Waals surface area (Å²) >= 11 is 0. The minimum atomic E-state index is -4.22. The smallest absolute Gasteiger partial charge is 0.459 e. The number of hydrogen-bond acceptors (Lipinski definition) is 11. The summed E-state index contributed by atoms with van der Waals surface area (Å²) in [4.78, 5) is 39.2. The van der Waals surface area contributed by atoms with Crippen molar-refractivity contribution in [3.63, 3.8) is 0 Å². The molecule has 62 heavy (non-hydrogen) atoms. The van der Waals surface area contributed by atoms with E-state index >= 15 is 4.39 Å². The van der Waals surface area contributed by atoms with Gasteiger partial charge in [0.25, 0.3) is 0 Å². The fourth-order valence-electron chi connectivity index (χ4n) is 9.04. The molecule has 3 aliphatic rings. The summed E-state index contributed by atoms with van der Waals surface area (Å²) in [6, 6.07) is 5.28. The number of nitrogens with one attached hydrogen (secondary N) is 2. The van der Waals surface area contributed by atoms with E-state index in [9.17, 15) is 18.5 Å². The van der Waals surface area contributed by atoms with Gasteiger partial charge in [0.2, 0.25) is 5.91 Å². The molecule has 1 unspecified atom stereocenters. The van der Waals surface area contributed by atoms with Crippen LogP contribution in [0.5, 0.6) is 11.8 Å². The summed E-state index contributed by atoms with van der Waals surface area (Å²) in [6.07, 6.45) is 10.7. The van der Waals surface area contributed by atoms with Gasteiger partial charge in [0.1, 0.15) is 36.2 Å². The number of ether oxygens (including phenoxy) is 2. The van der Waals surface area contributed by atoms with Gasteiger partial charge in [0.05, 0.1) is 34.5 Å². The van der Waals surface area contributed by atoms with E-state index in [2.05, 4.69) is 22.9 Å². The van der Waals surface area contributed by atoms with Crippen LogP contribution in [0.25, 0.3) is 10.8 Å². The number of alkyl halides is 1. The average Bonchev–Trinajstić information content (AvgIpc) is 3.80. The zero-order chi connectivity index (χ0) is 45.1. The van der Waals surface area contributed by atoms with Gasteiger partial charge in [-0.05, 0) is 122 Å². The van der Waals surface area contributed by atoms with Crippen LogP contribution in [0.1, 0.15) is 108 Å². The van der Waals surface area contributed by atoms with E-state index in [1.807, 2.05) is 25.9 Å². The van der Waals surface area contributed by atoms with E-state index in [-0.39, 0.29) is 35.8 Å². The van der Waals surface area contributed by atoms with Gasteiger partial charge in [-0.25, -0.2) is 13.3 Å². The first-order chi connectivity index (χ1) is 29.3. The van der Waals surface area contributed by atoms with Gasteiger partial charge < -0.3 is 24.2 Å². The molecule has 6 rings (SSSR count). The summed E-state index contributed by atoms with van der Waals surface area (Å²) in [5, 5.41) is 7.38. The lowest BCUT2D eigenvalue weighted by Crippen LogP contribution is -2.51. The van der Waals surface area contributed by atoms with E-state index in [4.69, 9.17) is 34.9 Å². The summed E-state index contributed by atoms with van der Waals surface area (Å²) in [5.74, 6) is 1.65. The minimum absolute atomic E-state index is 0.0776. The van der Waals surface area contributed by atoms with Gasteiger partial charge in [0.15, 0.2) is 0 Å². The predicted octanol–water partition coefficient (Wildman–Crippen LogP) is 8.04. The van der Waals surface area contributed by atoms with Crippen molar-refractivity contribution in [2.24, 2.45) is 0 Å². The molecule has 0 radical (unpaired) electrons. The normalized spacial score (nSPS) is 22.4. The Morgan fingerprint density at radius 2 is 1.89 bits per heavy atom. The largest absolute Gasteiger partial charge is 0.462 e. The molecule has 0 bridgehead atoms. The SMILES string of the molecule is C#Cc1c(F)ccc2cc(OP(=O)(N[C@@H](C)C(=O)OC(C)C)OC(C)C)cc([C@@H]3CCc4c(nc(OC[C@]5(C)C[C@@H](F)CN5C)nc4NCC4(N(C)C(=O)C=C)CCCC4)C3)c12. The van der Waals surface area contributed by atoms with Crippen molar-refractivity contribution < 1.29 is 41.5 Å². The van der Waals surface area contributed by atoms with E-state index in [1.54, 1.807) is 50.8 Å². The highest BCUT2D eigenvalue weighted by molar-refractivity contribution is 7.52. The number of esters is 1. The fourth-order valence-corrected chi connectivity index (χ4v) is 10.7. The molecule has 2 fully saturated rings. The molecule has 13 nitrogen and oxygen atoms in total. The van der Waals surface area contributed by atoms with Crippen molar-refractivity contribution in [1.29, 1.82) is 0 Å². The Balaban J connectivity index is 1.39. The topological polar surface area (TPSA) is 144 Å². The third kappa shape index (κ3) is 10.3. The second kappa shape index (κ2) is 19.0. The van der Waals surface area contributed by atoms with Gasteiger partial charge in [-0.2, -0.15) is 15.1 Å². The number of likely N-dealkylation sites (tertiary alicyclic amines) is 1. The summed E-state index contributed by atoms with van der Waals surface area (Å²) < 4.78 is 68.1. The molecule has 0 spiro atoms. The lowest BCUT2D eigenvalue weighted by Gasteiger charge is -2.39. The van der Waals surface area contributed by atoms with Crippen LogP contribution < -0.4 is 19.7 Å². The standard InChI is InChI=1S/C46H61F2N6O7P/c1-11-35-38(48)18-16-32-21-34(61-62(57,60-29(5)6)52-30(7)43(56)59-28(3)4)23-37(41(32)35)31-15-17-36-39(22-31)50-44(58-27-45(8)24-33(47)25-53(45)9)51-42(36)49-26-46(19-13-14-20-46)54(10)40(55)12-2/h1,12,16,18,21,23,28-31,33H,2,13-15,17,19-20,22,24-27H2,3-10H3,(H,52,57)(H,49,50,51)/t30-,31+,33+,45-,62?/m0/s1. The maximum absolute atomic E-state index is 15.5. The highest BCUT2D eigenvalue weighted by Crippen LogP contribution is 2.49. The quantitative estimate of drug-likeness (QED) is 0.0586. The number of rotatable bonds is 17. The number of hydrogen-bond donors (Lipinski definition) is 2. The number of anilines is 1. The number of aromatic nitrogens is 2. The van der Waals surface area contributed by atoms with Gasteiger partial charge in [0, 0.05) is 37.5 Å². The monoisotopic (exact) mass is 878 g/mol. The number of halogens is 2. The van der Waals surface area contributed by atoms with Gasteiger partial charge in [-0.3, -0.25) is 19.0 Å². The van der Waals surface area contributed by atoms with Crippen molar-refractivity contribution in [2.75, 3.05) is 39.1 Å². The van der Waals surface area contributed by atoms with Crippen molar-refractivity contribution in [3.05, 3.63) is 65.1 Å². The number of fused-ring (bicyclic) bond motifs is 2. The van der Waals surface area contributed by atoms with Crippen LogP contribution in [0.15, 0.2) is 36.9 Å². The molecule has 16 heteroatoms. The minimum Gasteiger partial charge on any atom is -0.462 e. The fraction of sp³-hybridized carbons (Fsp3) is 0.565. The van der Waals surface area contributed by atoms with E-state index in [0.29, 0.717) is 66.6 Å². The first-order valence-electron chi connectivity index (χ1n) is 21.5. The number of likely N-dealkylation sites (N-methyl/N-ethyl adjacent to an activating group) is 2. The van der Waals surface area contributed by atoms with Crippen LogP contribution in [0.3, 0.4) is 0 Å². The molecule has 1 amide bonds. The second-order valence-corrected chi connectivity index (χ2v) is 19.5. The van der Waals surface area contributed by atoms with Crippen LogP contribution in [0.2, 0.25) is 0 Å². The maximum Gasteiger partial charge on any atom is 0.459 e. The molecule has 1 saturated heterocycles. The van der Waals surface area contributed by atoms with Crippen molar-refractivity contribution in [1.82, 2.24) is 24.9 Å². The Morgan fingerprint density at radius 1 is 1.16 bits per heavy atom. The predicted molar refractivity (Wildman–Crippen MR) is 236 cm³/mol. The van der Waals surface area contributed by atoms with Crippen molar-refractivity contribution >= 4 is 36.2 Å². The van der Waals surface area contributed by atoms with Crippen molar-refractivity contribution in [2.45, 2.75) is 134 Å². The number of carbonyl (C=O) groups is 2. The molecular weight excluding hydrogens is 818 g/mol. The highest BCUT2D eigenvalue weighted by Gasteiger charge is 2.42. The Hall–Kier alpha value is -4.61. The van der Waals surface area contributed by atoms with Crippen LogP contribution in [-0.4, -0.2) is 101 Å². The number of benzene rings is 2. The third-order valence-electron chi connectivity index (χ3n) is 12.4. The molecule has 336 valence electrons. The second-order valence-electron chi connectivity index (χ2n) is 17.8. The molecular formula is C46H61F2N6O7P. The Kier molecular flexibility index (Phi) is 14.4. The lowest BCUT2D eigenvalue weighted by atomic mass is 9.79. The Bertz CT molecular complexity index is 2260. The molecule has 1 aliphatic heterocycles. The van der Waals surface area contributed by atoms with E-state index in [0.717, 1.165) is 31.2 Å². The summed E-state index contributed by atoms with van der Waals surface area (Å²) in [7, 11) is -0.539. The third-order valence-corrected chi connectivity index (χ3v) is 14.3. The lowest BCUT2D eigenvalue weighted by molar-refractivity contribution is -0.149. The molecule has 3 aromatic rings. The average molecular weight is 879 g/mol. The van der Waals surface area contributed by atoms with Crippen LogP contribution in [0.4, 0.5) is 14.6 Å². The van der Waals surface area contributed by atoms with Gasteiger partial charge >= 0.3 is 19.7 Å². The maximum atomic E-state index is 15.5. The van der Waals surface area contributed by atoms with Crippen LogP contribution in [0, 0.1) is 18.2 Å². The number of terminal acetylenes is 1. The number of amides is 1. The molecule has 2 aliphatic carbocycles. The number of nitrogens with zero attached hydrogens (tertiary/aromatic N) is 4. The molecule has 1 aromatic heterocycles. The Labute approximate surface area is 364 Å². The number of carbonyl (C=O) groups excluding carboxylic acids is 2. The van der Waals surface area contributed by atoms with E-state index < -0.39 is 55.0 Å². The Morgan fingerprint density at radius 3 is 2.52 bits per heavy atom. The summed E-state index contributed by atoms with van der Waals surface area (Å²) in [6.45, 7) is 14.9. The zero-order valence-corrected chi connectivity index (χ0v) is 38.1. The molecule has 2 heterocycles. The van der Waals surface area contributed by atoms with Gasteiger partial charge in [-0.15, -0.1) is 6.42 Å². The molecule has 2 aromatic carbocycles. The molecule has 2 N–H and O–H groups in total. The van der Waals surface area contributed by atoms with Crippen LogP contribution >= 0.6 is 7.75 Å². The summed E-state index contributed by atoms with van der Waals surface area (Å²) in [5.41, 5.74) is 1.28. The van der Waals surface area contributed by atoms with Crippen LogP contribution in [-0.2, 0) is 36.3 Å².